The summed E-state index contributed by atoms with van der Waals surface area (Å²) in [6, 6.07) is 7.53. The second-order valence-corrected chi connectivity index (χ2v) is 4.78. The first-order valence-electron chi connectivity index (χ1n) is 5.91. The summed E-state index contributed by atoms with van der Waals surface area (Å²) < 4.78 is 0. The lowest BCUT2D eigenvalue weighted by molar-refractivity contribution is -0.120. The van der Waals surface area contributed by atoms with E-state index in [9.17, 15) is 9.59 Å². The molecule has 0 spiro atoms. The summed E-state index contributed by atoms with van der Waals surface area (Å²) in [6.45, 7) is 1.60. The lowest BCUT2D eigenvalue weighted by atomic mass is 10.1. The molecule has 1 aromatic rings. The van der Waals surface area contributed by atoms with Crippen molar-refractivity contribution in [2.24, 2.45) is 0 Å². The Labute approximate surface area is 114 Å². The van der Waals surface area contributed by atoms with Gasteiger partial charge >= 0.3 is 0 Å². The van der Waals surface area contributed by atoms with E-state index >= 15 is 0 Å². The zero-order valence-corrected chi connectivity index (χ0v) is 11.6. The lowest BCUT2D eigenvalue weighted by Crippen LogP contribution is -2.34. The zero-order chi connectivity index (χ0) is 13.0. The molecule has 0 saturated carbocycles. The van der Waals surface area contributed by atoms with E-state index in [0.29, 0.717) is 31.6 Å². The standard InChI is InChI=1S/C13H15BrN2O2/c14-9-10-1-3-11(4-2-10)13(18)16-7-5-12(17)15-6-8-16/h1-4H,5-9H2,(H,15,17). The monoisotopic (exact) mass is 310 g/mol. The van der Waals surface area contributed by atoms with Crippen molar-refractivity contribution in [2.75, 3.05) is 19.6 Å². The minimum absolute atomic E-state index is 0.00683. The molecule has 0 atom stereocenters. The third kappa shape index (κ3) is 3.10. The summed E-state index contributed by atoms with van der Waals surface area (Å²) in [4.78, 5) is 25.2. The number of rotatable bonds is 2. The molecule has 1 aliphatic heterocycles. The van der Waals surface area contributed by atoms with Crippen LogP contribution >= 0.6 is 15.9 Å². The van der Waals surface area contributed by atoms with Gasteiger partial charge in [-0.1, -0.05) is 28.1 Å². The first-order valence-corrected chi connectivity index (χ1v) is 7.04. The Morgan fingerprint density at radius 3 is 2.67 bits per heavy atom. The van der Waals surface area contributed by atoms with Gasteiger partial charge in [-0.3, -0.25) is 9.59 Å². The molecule has 1 N–H and O–H groups in total. The summed E-state index contributed by atoms with van der Waals surface area (Å²) >= 11 is 3.37. The first kappa shape index (κ1) is 13.1. The molecule has 1 fully saturated rings. The molecule has 1 heterocycles. The molecule has 0 radical (unpaired) electrons. The Morgan fingerprint density at radius 1 is 1.28 bits per heavy atom. The van der Waals surface area contributed by atoms with Crippen LogP contribution in [0, 0.1) is 0 Å². The largest absolute Gasteiger partial charge is 0.354 e. The number of halogens is 1. The van der Waals surface area contributed by atoms with Gasteiger partial charge in [0, 0.05) is 36.9 Å². The van der Waals surface area contributed by atoms with Crippen molar-refractivity contribution >= 4 is 27.7 Å². The van der Waals surface area contributed by atoms with Gasteiger partial charge in [-0.25, -0.2) is 0 Å². The maximum absolute atomic E-state index is 12.2. The molecule has 1 saturated heterocycles. The second kappa shape index (κ2) is 6.00. The first-order chi connectivity index (χ1) is 8.70. The Bertz CT molecular complexity index is 445. The Balaban J connectivity index is 2.07. The maximum atomic E-state index is 12.2. The number of carbonyl (C=O) groups is 2. The van der Waals surface area contributed by atoms with Crippen molar-refractivity contribution in [1.82, 2.24) is 10.2 Å². The SMILES string of the molecule is O=C1CCN(C(=O)c2ccc(CBr)cc2)CCN1. The summed E-state index contributed by atoms with van der Waals surface area (Å²) in [7, 11) is 0. The normalized spacial score (nSPS) is 16.1. The van der Waals surface area contributed by atoms with E-state index in [4.69, 9.17) is 0 Å². The van der Waals surface area contributed by atoms with E-state index in [2.05, 4.69) is 21.2 Å². The van der Waals surface area contributed by atoms with Crippen LogP contribution in [0.4, 0.5) is 0 Å². The minimum atomic E-state index is -0.00683. The second-order valence-electron chi connectivity index (χ2n) is 4.22. The highest BCUT2D eigenvalue weighted by Crippen LogP contribution is 2.11. The van der Waals surface area contributed by atoms with Gasteiger partial charge in [0.25, 0.3) is 5.91 Å². The highest BCUT2D eigenvalue weighted by atomic mass is 79.9. The molecule has 5 heteroatoms. The van der Waals surface area contributed by atoms with Crippen LogP contribution in [0.5, 0.6) is 0 Å². The van der Waals surface area contributed by atoms with Crippen LogP contribution in [0.25, 0.3) is 0 Å². The van der Waals surface area contributed by atoms with Gasteiger partial charge in [0.15, 0.2) is 0 Å². The summed E-state index contributed by atoms with van der Waals surface area (Å²) in [6.07, 6.45) is 0.380. The Morgan fingerprint density at radius 2 is 2.00 bits per heavy atom. The van der Waals surface area contributed by atoms with Crippen LogP contribution in [0.15, 0.2) is 24.3 Å². The molecule has 2 rings (SSSR count). The van der Waals surface area contributed by atoms with Gasteiger partial charge in [-0.15, -0.1) is 0 Å². The van der Waals surface area contributed by atoms with Crippen molar-refractivity contribution in [2.45, 2.75) is 11.8 Å². The number of carbonyl (C=O) groups excluding carboxylic acids is 2. The molecular weight excluding hydrogens is 296 g/mol. The molecule has 96 valence electrons. The molecule has 0 aliphatic carbocycles. The average molecular weight is 311 g/mol. The highest BCUT2D eigenvalue weighted by molar-refractivity contribution is 9.08. The fourth-order valence-electron chi connectivity index (χ4n) is 1.89. The van der Waals surface area contributed by atoms with Crippen molar-refractivity contribution in [3.05, 3.63) is 35.4 Å². The van der Waals surface area contributed by atoms with Crippen LogP contribution in [0.2, 0.25) is 0 Å². The van der Waals surface area contributed by atoms with Crippen LogP contribution in [0.1, 0.15) is 22.3 Å². The molecule has 0 aromatic heterocycles. The fourth-order valence-corrected chi connectivity index (χ4v) is 2.26. The number of nitrogens with one attached hydrogen (secondary N) is 1. The zero-order valence-electron chi connectivity index (χ0n) is 9.99. The molecule has 0 unspecified atom stereocenters. The number of hydrogen-bond donors (Lipinski definition) is 1. The number of hydrogen-bond acceptors (Lipinski definition) is 2. The lowest BCUT2D eigenvalue weighted by Gasteiger charge is -2.19. The average Bonchev–Trinajstić information content (AvgIpc) is 2.63. The molecule has 4 nitrogen and oxygen atoms in total. The molecule has 1 aromatic carbocycles. The predicted octanol–water partition coefficient (Wildman–Crippen LogP) is 1.54. The number of nitrogens with zero attached hydrogens (tertiary/aromatic N) is 1. The van der Waals surface area contributed by atoms with E-state index in [1.165, 1.54) is 0 Å². The third-order valence-electron chi connectivity index (χ3n) is 2.96. The number of alkyl halides is 1. The quantitative estimate of drug-likeness (QED) is 0.843. The number of benzene rings is 1. The van der Waals surface area contributed by atoms with Crippen LogP contribution in [-0.4, -0.2) is 36.3 Å². The number of amides is 2. The van der Waals surface area contributed by atoms with E-state index in [0.717, 1.165) is 10.9 Å². The Kier molecular flexibility index (Phi) is 4.36. The van der Waals surface area contributed by atoms with Crippen molar-refractivity contribution in [1.29, 1.82) is 0 Å². The van der Waals surface area contributed by atoms with Crippen LogP contribution < -0.4 is 5.32 Å². The highest BCUT2D eigenvalue weighted by Gasteiger charge is 2.19. The van der Waals surface area contributed by atoms with Gasteiger partial charge < -0.3 is 10.2 Å². The molecular formula is C13H15BrN2O2. The summed E-state index contributed by atoms with van der Waals surface area (Å²) in [5, 5.41) is 3.54. The van der Waals surface area contributed by atoms with E-state index < -0.39 is 0 Å². The topological polar surface area (TPSA) is 49.4 Å². The van der Waals surface area contributed by atoms with Gasteiger partial charge in [0.1, 0.15) is 0 Å². The van der Waals surface area contributed by atoms with E-state index in [1.807, 2.05) is 24.3 Å². The predicted molar refractivity (Wildman–Crippen MR) is 72.6 cm³/mol. The van der Waals surface area contributed by atoms with Crippen LogP contribution in [0.3, 0.4) is 0 Å². The summed E-state index contributed by atoms with van der Waals surface area (Å²) in [5.41, 5.74) is 1.81. The molecule has 2 amide bonds. The van der Waals surface area contributed by atoms with Gasteiger partial charge in [0.05, 0.1) is 0 Å². The molecule has 0 bridgehead atoms. The van der Waals surface area contributed by atoms with Crippen molar-refractivity contribution in [3.8, 4) is 0 Å². The van der Waals surface area contributed by atoms with Crippen molar-refractivity contribution in [3.63, 3.8) is 0 Å². The van der Waals surface area contributed by atoms with E-state index in [-0.39, 0.29) is 11.8 Å². The van der Waals surface area contributed by atoms with Gasteiger partial charge in [-0.2, -0.15) is 0 Å². The maximum Gasteiger partial charge on any atom is 0.253 e. The summed E-state index contributed by atoms with van der Waals surface area (Å²) in [5.74, 6) is 0.00700. The van der Waals surface area contributed by atoms with E-state index in [1.54, 1.807) is 4.90 Å². The fraction of sp³-hybridized carbons (Fsp3) is 0.385. The van der Waals surface area contributed by atoms with Gasteiger partial charge in [0.2, 0.25) is 5.91 Å². The van der Waals surface area contributed by atoms with Crippen molar-refractivity contribution < 1.29 is 9.59 Å². The minimum Gasteiger partial charge on any atom is -0.354 e. The molecule has 18 heavy (non-hydrogen) atoms. The third-order valence-corrected chi connectivity index (χ3v) is 3.60. The smallest absolute Gasteiger partial charge is 0.253 e. The Hall–Kier alpha value is -1.36. The molecule has 1 aliphatic rings. The van der Waals surface area contributed by atoms with Gasteiger partial charge in [-0.05, 0) is 17.7 Å². The van der Waals surface area contributed by atoms with Crippen LogP contribution in [-0.2, 0) is 10.1 Å².